The molecular formula is C10H12Cl. The lowest BCUT2D eigenvalue weighted by Gasteiger charge is -2.12. The molecule has 0 aliphatic carbocycles. The van der Waals surface area contributed by atoms with E-state index in [1.54, 1.807) is 0 Å². The molecule has 1 aromatic carbocycles. The summed E-state index contributed by atoms with van der Waals surface area (Å²) in [5.41, 5.74) is 1.18. The van der Waals surface area contributed by atoms with Crippen molar-refractivity contribution in [2.75, 3.05) is 0 Å². The van der Waals surface area contributed by atoms with E-state index in [0.29, 0.717) is 0 Å². The molecule has 0 nitrogen and oxygen atoms in total. The normalized spacial score (nSPS) is 13.5. The van der Waals surface area contributed by atoms with E-state index in [1.165, 1.54) is 11.5 Å². The van der Waals surface area contributed by atoms with Gasteiger partial charge in [0.2, 0.25) is 0 Å². The summed E-state index contributed by atoms with van der Waals surface area (Å²) < 4.78 is 0. The smallest absolute Gasteiger partial charge is 0.0641 e. The molecule has 1 unspecified atom stereocenters. The Morgan fingerprint density at radius 3 is 2.18 bits per heavy atom. The Kier molecular flexibility index (Phi) is 2.95. The Bertz CT molecular complexity index is 203. The van der Waals surface area contributed by atoms with Crippen molar-refractivity contribution >= 4 is 11.6 Å². The number of rotatable bonds is 2. The maximum absolute atomic E-state index is 6.10. The molecule has 59 valence electrons. The van der Waals surface area contributed by atoms with Crippen molar-refractivity contribution in [3.63, 3.8) is 0 Å². The lowest BCUT2D eigenvalue weighted by Crippen LogP contribution is -1.95. The van der Waals surface area contributed by atoms with Crippen molar-refractivity contribution in [3.05, 3.63) is 41.8 Å². The number of hydrogen-bond donors (Lipinski definition) is 0. The molecule has 1 radical (unpaired) electrons. The molecule has 0 spiro atoms. The second kappa shape index (κ2) is 3.77. The zero-order chi connectivity index (χ0) is 8.27. The molecule has 0 fully saturated rings. The summed E-state index contributed by atoms with van der Waals surface area (Å²) in [4.78, 5) is 0. The lowest BCUT2D eigenvalue weighted by molar-refractivity contribution is 0.922. The third-order valence-electron chi connectivity index (χ3n) is 1.60. The van der Waals surface area contributed by atoms with Crippen LogP contribution in [0.1, 0.15) is 24.8 Å². The van der Waals surface area contributed by atoms with Gasteiger partial charge < -0.3 is 0 Å². The van der Waals surface area contributed by atoms with E-state index in [9.17, 15) is 0 Å². The molecule has 1 heteroatoms. The van der Waals surface area contributed by atoms with E-state index < -0.39 is 0 Å². The first kappa shape index (κ1) is 8.61. The molecule has 0 saturated heterocycles. The first-order valence-corrected chi connectivity index (χ1v) is 4.14. The van der Waals surface area contributed by atoms with Crippen LogP contribution < -0.4 is 0 Å². The molecule has 11 heavy (non-hydrogen) atoms. The third kappa shape index (κ3) is 2.23. The van der Waals surface area contributed by atoms with Crippen molar-refractivity contribution in [2.24, 2.45) is 0 Å². The highest BCUT2D eigenvalue weighted by Crippen LogP contribution is 2.29. The van der Waals surface area contributed by atoms with Gasteiger partial charge in [0.1, 0.15) is 0 Å². The Balaban J connectivity index is 2.77. The maximum atomic E-state index is 6.10. The van der Waals surface area contributed by atoms with E-state index in [0.717, 1.165) is 0 Å². The summed E-state index contributed by atoms with van der Waals surface area (Å²) >= 11 is 6.10. The van der Waals surface area contributed by atoms with Crippen LogP contribution in [0.5, 0.6) is 0 Å². The van der Waals surface area contributed by atoms with Crippen molar-refractivity contribution in [3.8, 4) is 0 Å². The summed E-state index contributed by atoms with van der Waals surface area (Å²) in [7, 11) is 0. The van der Waals surface area contributed by atoms with Gasteiger partial charge in [0, 0.05) is 0 Å². The van der Waals surface area contributed by atoms with Crippen molar-refractivity contribution in [1.29, 1.82) is 0 Å². The Hall–Kier alpha value is -0.490. The number of alkyl halides is 1. The lowest BCUT2D eigenvalue weighted by atomic mass is 10.0. The van der Waals surface area contributed by atoms with E-state index in [1.807, 2.05) is 44.2 Å². The van der Waals surface area contributed by atoms with E-state index in [2.05, 4.69) is 0 Å². The minimum atomic E-state index is 0.0659. The quantitative estimate of drug-likeness (QED) is 0.591. The van der Waals surface area contributed by atoms with Crippen LogP contribution in [0.15, 0.2) is 30.3 Å². The van der Waals surface area contributed by atoms with Crippen LogP contribution in [-0.4, -0.2) is 0 Å². The van der Waals surface area contributed by atoms with Gasteiger partial charge >= 0.3 is 0 Å². The second-order valence-electron chi connectivity index (χ2n) is 2.85. The number of benzene rings is 1. The largest absolute Gasteiger partial charge is 0.117 e. The molecule has 1 aromatic rings. The Morgan fingerprint density at radius 2 is 1.73 bits per heavy atom. The van der Waals surface area contributed by atoms with Crippen LogP contribution in [0.4, 0.5) is 0 Å². The van der Waals surface area contributed by atoms with Gasteiger partial charge in [-0.3, -0.25) is 0 Å². The third-order valence-corrected chi connectivity index (χ3v) is 2.29. The number of hydrogen-bond acceptors (Lipinski definition) is 0. The van der Waals surface area contributed by atoms with Gasteiger partial charge in [-0.25, -0.2) is 0 Å². The topological polar surface area (TPSA) is 0 Å². The predicted molar refractivity (Wildman–Crippen MR) is 49.6 cm³/mol. The molecular weight excluding hydrogens is 156 g/mol. The summed E-state index contributed by atoms with van der Waals surface area (Å²) in [5, 5.41) is 0.0659. The number of halogens is 1. The summed E-state index contributed by atoms with van der Waals surface area (Å²) in [6.45, 7) is 4.09. The SMILES string of the molecule is C[C](C)C(Cl)c1ccccc1. The fraction of sp³-hybridized carbons (Fsp3) is 0.300. The highest BCUT2D eigenvalue weighted by atomic mass is 35.5. The maximum Gasteiger partial charge on any atom is 0.0641 e. The van der Waals surface area contributed by atoms with Crippen LogP contribution >= 0.6 is 11.6 Å². The van der Waals surface area contributed by atoms with Gasteiger partial charge in [0.15, 0.2) is 0 Å². The summed E-state index contributed by atoms with van der Waals surface area (Å²) in [5.74, 6) is 1.23. The standard InChI is InChI=1S/C10H12Cl/c1-8(2)10(11)9-6-4-3-5-7-9/h3-7,10H,1-2H3. The zero-order valence-corrected chi connectivity index (χ0v) is 7.60. The molecule has 0 bridgehead atoms. The fourth-order valence-electron chi connectivity index (χ4n) is 0.955. The second-order valence-corrected chi connectivity index (χ2v) is 3.29. The molecule has 0 amide bonds. The minimum Gasteiger partial charge on any atom is -0.117 e. The molecule has 0 aliphatic rings. The molecule has 0 N–H and O–H groups in total. The average molecular weight is 168 g/mol. The van der Waals surface area contributed by atoms with Gasteiger partial charge in [0.25, 0.3) is 0 Å². The fourth-order valence-corrected chi connectivity index (χ4v) is 1.10. The van der Waals surface area contributed by atoms with Crippen molar-refractivity contribution in [1.82, 2.24) is 0 Å². The van der Waals surface area contributed by atoms with Gasteiger partial charge in [-0.15, -0.1) is 11.6 Å². The Labute approximate surface area is 73.2 Å². The van der Waals surface area contributed by atoms with Crippen molar-refractivity contribution in [2.45, 2.75) is 19.2 Å². The molecule has 0 aliphatic heterocycles. The molecule has 0 aromatic heterocycles. The highest BCUT2D eigenvalue weighted by Gasteiger charge is 2.10. The highest BCUT2D eigenvalue weighted by molar-refractivity contribution is 6.22. The van der Waals surface area contributed by atoms with Crippen LogP contribution in [0.25, 0.3) is 0 Å². The Morgan fingerprint density at radius 1 is 1.18 bits per heavy atom. The van der Waals surface area contributed by atoms with Crippen molar-refractivity contribution < 1.29 is 0 Å². The van der Waals surface area contributed by atoms with Gasteiger partial charge in [-0.1, -0.05) is 44.2 Å². The van der Waals surface area contributed by atoms with E-state index >= 15 is 0 Å². The molecule has 0 heterocycles. The van der Waals surface area contributed by atoms with Crippen LogP contribution in [0.3, 0.4) is 0 Å². The van der Waals surface area contributed by atoms with E-state index in [-0.39, 0.29) is 5.38 Å². The van der Waals surface area contributed by atoms with E-state index in [4.69, 9.17) is 11.6 Å². The molecule has 1 rings (SSSR count). The van der Waals surface area contributed by atoms with Crippen LogP contribution in [-0.2, 0) is 0 Å². The monoisotopic (exact) mass is 167 g/mol. The summed E-state index contributed by atoms with van der Waals surface area (Å²) in [6, 6.07) is 10.1. The van der Waals surface area contributed by atoms with Gasteiger partial charge in [-0.05, 0) is 11.5 Å². The van der Waals surface area contributed by atoms with Gasteiger partial charge in [-0.2, -0.15) is 0 Å². The summed E-state index contributed by atoms with van der Waals surface area (Å²) in [6.07, 6.45) is 0. The van der Waals surface area contributed by atoms with Crippen LogP contribution in [0, 0.1) is 5.92 Å². The first-order valence-electron chi connectivity index (χ1n) is 3.71. The van der Waals surface area contributed by atoms with Gasteiger partial charge in [0.05, 0.1) is 5.38 Å². The first-order chi connectivity index (χ1) is 5.22. The predicted octanol–water partition coefficient (Wildman–Crippen LogP) is 3.58. The minimum absolute atomic E-state index is 0.0659. The molecule has 0 saturated carbocycles. The molecule has 1 atom stereocenters. The zero-order valence-electron chi connectivity index (χ0n) is 6.84. The average Bonchev–Trinajstić information content (AvgIpc) is 2.05. The van der Waals surface area contributed by atoms with Crippen LogP contribution in [0.2, 0.25) is 0 Å².